The zero-order valence-electron chi connectivity index (χ0n) is 14.9. The summed E-state index contributed by atoms with van der Waals surface area (Å²) < 4.78 is 17.5. The molecule has 0 aromatic heterocycles. The standard InChI is InChI=1S/C16H32O5Si/c1-9-11(17)13-14(21-16(5,6)20-13)12(18)10-19-22(7,8)15(2,3)4/h9,11-14,17-18H,1,10H2,2-8H3/t11-,12-,13-,14+/m0/s1. The van der Waals surface area contributed by atoms with Gasteiger partial charge in [0.2, 0.25) is 0 Å². The fourth-order valence-corrected chi connectivity index (χ4v) is 3.14. The third-order valence-corrected chi connectivity index (χ3v) is 9.04. The highest BCUT2D eigenvalue weighted by Gasteiger charge is 2.48. The molecule has 4 atom stereocenters. The van der Waals surface area contributed by atoms with Gasteiger partial charge in [-0.25, -0.2) is 0 Å². The summed E-state index contributed by atoms with van der Waals surface area (Å²) in [5, 5.41) is 20.5. The van der Waals surface area contributed by atoms with Crippen LogP contribution >= 0.6 is 0 Å². The summed E-state index contributed by atoms with van der Waals surface area (Å²) >= 11 is 0. The monoisotopic (exact) mass is 332 g/mol. The smallest absolute Gasteiger partial charge is 0.192 e. The molecule has 0 amide bonds. The second-order valence-electron chi connectivity index (χ2n) is 7.93. The van der Waals surface area contributed by atoms with E-state index in [1.54, 1.807) is 13.8 Å². The van der Waals surface area contributed by atoms with E-state index < -0.39 is 38.5 Å². The van der Waals surface area contributed by atoms with Crippen LogP contribution < -0.4 is 0 Å². The molecule has 2 N–H and O–H groups in total. The zero-order valence-corrected chi connectivity index (χ0v) is 15.9. The minimum Gasteiger partial charge on any atom is -0.414 e. The quantitative estimate of drug-likeness (QED) is 0.577. The maximum Gasteiger partial charge on any atom is 0.192 e. The van der Waals surface area contributed by atoms with Gasteiger partial charge in [-0.3, -0.25) is 0 Å². The molecular formula is C16H32O5Si. The lowest BCUT2D eigenvalue weighted by Gasteiger charge is -2.37. The molecule has 0 unspecified atom stereocenters. The number of hydrogen-bond donors (Lipinski definition) is 2. The number of hydrogen-bond acceptors (Lipinski definition) is 5. The Morgan fingerprint density at radius 3 is 2.18 bits per heavy atom. The van der Waals surface area contributed by atoms with Crippen molar-refractivity contribution in [1.29, 1.82) is 0 Å². The topological polar surface area (TPSA) is 68.2 Å². The Morgan fingerprint density at radius 1 is 1.23 bits per heavy atom. The lowest BCUT2D eigenvalue weighted by Crippen LogP contribution is -2.48. The van der Waals surface area contributed by atoms with Gasteiger partial charge < -0.3 is 24.1 Å². The van der Waals surface area contributed by atoms with Crippen molar-refractivity contribution >= 4 is 8.32 Å². The Bertz CT molecular complexity index is 388. The first-order valence-electron chi connectivity index (χ1n) is 7.79. The van der Waals surface area contributed by atoms with Crippen molar-refractivity contribution in [2.45, 2.75) is 83.0 Å². The van der Waals surface area contributed by atoms with Crippen molar-refractivity contribution < 1.29 is 24.1 Å². The molecule has 0 spiro atoms. The van der Waals surface area contributed by atoms with Gasteiger partial charge in [0, 0.05) is 0 Å². The third-order valence-electron chi connectivity index (χ3n) is 4.54. The Balaban J connectivity index is 2.75. The number of rotatable bonds is 6. The van der Waals surface area contributed by atoms with Crippen LogP contribution in [0.4, 0.5) is 0 Å². The molecule has 22 heavy (non-hydrogen) atoms. The lowest BCUT2D eigenvalue weighted by atomic mass is 10.0. The SMILES string of the molecule is C=C[C@H](O)[C@@H]1OC(C)(C)O[C@@H]1[C@@H](O)CO[Si](C)(C)C(C)(C)C. The van der Waals surface area contributed by atoms with Crippen LogP contribution in [0.5, 0.6) is 0 Å². The van der Waals surface area contributed by atoms with Crippen molar-refractivity contribution in [3.63, 3.8) is 0 Å². The maximum atomic E-state index is 10.5. The molecule has 1 aliphatic heterocycles. The molecule has 130 valence electrons. The first-order valence-corrected chi connectivity index (χ1v) is 10.7. The van der Waals surface area contributed by atoms with Gasteiger partial charge in [0.25, 0.3) is 0 Å². The molecule has 0 aliphatic carbocycles. The number of aliphatic hydroxyl groups excluding tert-OH is 2. The predicted octanol–water partition coefficient (Wildman–Crippen LogP) is 2.44. The van der Waals surface area contributed by atoms with Gasteiger partial charge >= 0.3 is 0 Å². The van der Waals surface area contributed by atoms with E-state index in [-0.39, 0.29) is 11.6 Å². The van der Waals surface area contributed by atoms with E-state index >= 15 is 0 Å². The highest BCUT2D eigenvalue weighted by atomic mass is 28.4. The molecule has 0 radical (unpaired) electrons. The van der Waals surface area contributed by atoms with Crippen LogP contribution in [-0.4, -0.2) is 55.3 Å². The molecule has 1 rings (SSSR count). The van der Waals surface area contributed by atoms with Crippen LogP contribution in [0.25, 0.3) is 0 Å². The first-order chi connectivity index (χ1) is 9.81. The lowest BCUT2D eigenvalue weighted by molar-refractivity contribution is -0.160. The molecule has 1 fully saturated rings. The zero-order chi connectivity index (χ0) is 17.3. The van der Waals surface area contributed by atoms with Crippen molar-refractivity contribution in [3.8, 4) is 0 Å². The van der Waals surface area contributed by atoms with E-state index in [2.05, 4.69) is 40.4 Å². The molecule has 1 aliphatic rings. The normalized spacial score (nSPS) is 28.4. The number of ether oxygens (including phenoxy) is 2. The fraction of sp³-hybridized carbons (Fsp3) is 0.875. The fourth-order valence-electron chi connectivity index (χ4n) is 2.12. The first kappa shape index (κ1) is 19.8. The predicted molar refractivity (Wildman–Crippen MR) is 89.2 cm³/mol. The molecule has 0 aromatic carbocycles. The van der Waals surface area contributed by atoms with E-state index in [0.29, 0.717) is 0 Å². The van der Waals surface area contributed by atoms with E-state index in [0.717, 1.165) is 0 Å². The van der Waals surface area contributed by atoms with Crippen molar-refractivity contribution in [3.05, 3.63) is 12.7 Å². The Morgan fingerprint density at radius 2 is 1.73 bits per heavy atom. The molecule has 1 heterocycles. The molecule has 5 nitrogen and oxygen atoms in total. The summed E-state index contributed by atoms with van der Waals surface area (Å²) in [7, 11) is -1.95. The Hall–Kier alpha value is -0.243. The van der Waals surface area contributed by atoms with Crippen molar-refractivity contribution in [2.24, 2.45) is 0 Å². The number of aliphatic hydroxyl groups is 2. The molecule has 0 bridgehead atoms. The van der Waals surface area contributed by atoms with Gasteiger partial charge in [-0.2, -0.15) is 0 Å². The summed E-state index contributed by atoms with van der Waals surface area (Å²) in [5.41, 5.74) is 0. The van der Waals surface area contributed by atoms with Gasteiger partial charge in [0.05, 0.1) is 6.61 Å². The van der Waals surface area contributed by atoms with Gasteiger partial charge in [-0.1, -0.05) is 26.8 Å². The summed E-state index contributed by atoms with van der Waals surface area (Å²) in [6.07, 6.45) is -1.66. The van der Waals surface area contributed by atoms with E-state index in [9.17, 15) is 10.2 Å². The van der Waals surface area contributed by atoms with Crippen LogP contribution in [0, 0.1) is 0 Å². The molecule has 0 saturated carbocycles. The van der Waals surface area contributed by atoms with Crippen molar-refractivity contribution in [2.75, 3.05) is 6.61 Å². The van der Waals surface area contributed by atoms with E-state index in [1.165, 1.54) is 6.08 Å². The minimum atomic E-state index is -1.95. The molecule has 0 aromatic rings. The second-order valence-corrected chi connectivity index (χ2v) is 12.7. The van der Waals surface area contributed by atoms with Gasteiger partial charge in [-0.05, 0) is 32.0 Å². The van der Waals surface area contributed by atoms with Crippen LogP contribution in [-0.2, 0) is 13.9 Å². The van der Waals surface area contributed by atoms with E-state index in [1.807, 2.05) is 0 Å². The van der Waals surface area contributed by atoms with E-state index in [4.69, 9.17) is 13.9 Å². The second kappa shape index (κ2) is 6.71. The Labute approximate surface area is 135 Å². The molecule has 1 saturated heterocycles. The minimum absolute atomic E-state index is 0.0685. The maximum absolute atomic E-state index is 10.5. The Kier molecular flexibility index (Phi) is 6.04. The largest absolute Gasteiger partial charge is 0.414 e. The van der Waals surface area contributed by atoms with Crippen molar-refractivity contribution in [1.82, 2.24) is 0 Å². The molecule has 6 heteroatoms. The summed E-state index contributed by atoms with van der Waals surface area (Å²) in [5.74, 6) is -0.850. The van der Waals surface area contributed by atoms with Gasteiger partial charge in [0.15, 0.2) is 14.1 Å². The third kappa shape index (κ3) is 4.63. The summed E-state index contributed by atoms with van der Waals surface area (Å²) in [6, 6.07) is 0. The van der Waals surface area contributed by atoms with Gasteiger partial charge in [-0.15, -0.1) is 6.58 Å². The average molecular weight is 333 g/mol. The van der Waals surface area contributed by atoms with Crippen LogP contribution in [0.2, 0.25) is 18.1 Å². The highest BCUT2D eigenvalue weighted by molar-refractivity contribution is 6.74. The highest BCUT2D eigenvalue weighted by Crippen LogP contribution is 2.37. The molecular weight excluding hydrogens is 300 g/mol. The average Bonchev–Trinajstić information content (AvgIpc) is 2.70. The van der Waals surface area contributed by atoms with Gasteiger partial charge in [0.1, 0.15) is 24.4 Å². The van der Waals surface area contributed by atoms with Crippen LogP contribution in [0.15, 0.2) is 12.7 Å². The summed E-state index contributed by atoms with van der Waals surface area (Å²) in [6.45, 7) is 18.0. The van der Waals surface area contributed by atoms with Crippen LogP contribution in [0.3, 0.4) is 0 Å². The summed E-state index contributed by atoms with van der Waals surface area (Å²) in [4.78, 5) is 0. The van der Waals surface area contributed by atoms with Crippen LogP contribution in [0.1, 0.15) is 34.6 Å².